The Bertz CT molecular complexity index is 1400. The van der Waals surface area contributed by atoms with Crippen LogP contribution in [-0.4, -0.2) is 15.1 Å². The molecule has 0 saturated heterocycles. The van der Waals surface area contributed by atoms with Crippen molar-refractivity contribution in [1.82, 2.24) is 9.97 Å². The van der Waals surface area contributed by atoms with Crippen LogP contribution in [0.2, 0.25) is 0 Å². The topological polar surface area (TPSA) is 66.0 Å². The van der Waals surface area contributed by atoms with Crippen LogP contribution in [0, 0.1) is 24.4 Å². The zero-order valence-corrected chi connectivity index (χ0v) is 18.6. The van der Waals surface area contributed by atoms with Gasteiger partial charge in [0.05, 0.1) is 5.92 Å². The van der Waals surface area contributed by atoms with Gasteiger partial charge in [-0.2, -0.15) is 0 Å². The molecule has 0 spiro atoms. The molecule has 0 bridgehead atoms. The first-order chi connectivity index (χ1) is 16.3. The van der Waals surface area contributed by atoms with E-state index >= 15 is 0 Å². The molecule has 0 aliphatic carbocycles. The highest BCUT2D eigenvalue weighted by atomic mass is 19.1. The van der Waals surface area contributed by atoms with Gasteiger partial charge in [-0.15, -0.1) is 0 Å². The predicted octanol–water partition coefficient (Wildman–Crippen LogP) is 5.73. The third-order valence-corrected chi connectivity index (χ3v) is 5.96. The molecular weight excluding hydrogens is 441 g/mol. The number of hydrogen-bond acceptors (Lipinski definition) is 3. The fraction of sp³-hybridized carbons (Fsp3) is 0.185. The second-order valence-electron chi connectivity index (χ2n) is 8.14. The highest BCUT2D eigenvalue weighted by molar-refractivity contribution is 5.47. The number of rotatable bonds is 6. The SMILES string of the molecule is CCc1c(C)nc(C(c2cccc(F)c2)C(c2cccc(F)c2)c2cc(F)ccc2O)[nH]c1=O. The summed E-state index contributed by atoms with van der Waals surface area (Å²) >= 11 is 0. The largest absolute Gasteiger partial charge is 0.508 e. The molecule has 1 aromatic heterocycles. The Balaban J connectivity index is 2.07. The number of phenolic OH excluding ortho intramolecular Hbond substituents is 1. The maximum atomic E-state index is 14.3. The molecule has 34 heavy (non-hydrogen) atoms. The Morgan fingerprint density at radius 3 is 2.03 bits per heavy atom. The van der Waals surface area contributed by atoms with Gasteiger partial charge >= 0.3 is 0 Å². The number of nitrogens with one attached hydrogen (secondary N) is 1. The van der Waals surface area contributed by atoms with Crippen LogP contribution in [0.5, 0.6) is 5.75 Å². The average molecular weight is 464 g/mol. The number of halogens is 3. The molecule has 0 radical (unpaired) electrons. The van der Waals surface area contributed by atoms with E-state index in [-0.39, 0.29) is 22.7 Å². The minimum atomic E-state index is -0.900. The van der Waals surface area contributed by atoms with Crippen molar-refractivity contribution in [2.45, 2.75) is 32.1 Å². The monoisotopic (exact) mass is 464 g/mol. The molecule has 7 heteroatoms. The van der Waals surface area contributed by atoms with Crippen LogP contribution < -0.4 is 5.56 Å². The zero-order chi connectivity index (χ0) is 24.4. The summed E-state index contributed by atoms with van der Waals surface area (Å²) < 4.78 is 43.0. The summed E-state index contributed by atoms with van der Waals surface area (Å²) in [6.07, 6.45) is 0.469. The second-order valence-corrected chi connectivity index (χ2v) is 8.14. The summed E-state index contributed by atoms with van der Waals surface area (Å²) in [6, 6.07) is 14.9. The Kier molecular flexibility index (Phi) is 6.54. The third kappa shape index (κ3) is 4.59. The quantitative estimate of drug-likeness (QED) is 0.383. The van der Waals surface area contributed by atoms with Crippen LogP contribution in [0.4, 0.5) is 13.2 Å². The first-order valence-corrected chi connectivity index (χ1v) is 10.9. The molecule has 4 nitrogen and oxygen atoms in total. The Hall–Kier alpha value is -3.87. The Labute approximate surface area is 194 Å². The number of phenols is 1. The number of aryl methyl sites for hydroxylation is 1. The summed E-state index contributed by atoms with van der Waals surface area (Å²) in [5.41, 5.74) is 1.65. The van der Waals surface area contributed by atoms with E-state index in [0.29, 0.717) is 28.8 Å². The summed E-state index contributed by atoms with van der Waals surface area (Å²) in [6.45, 7) is 3.54. The van der Waals surface area contributed by atoms with Gasteiger partial charge in [-0.3, -0.25) is 4.79 Å². The number of aromatic amines is 1. The van der Waals surface area contributed by atoms with Gasteiger partial charge in [-0.25, -0.2) is 18.2 Å². The number of nitrogens with zero attached hydrogens (tertiary/aromatic N) is 1. The minimum Gasteiger partial charge on any atom is -0.508 e. The minimum absolute atomic E-state index is 0.153. The fourth-order valence-electron chi connectivity index (χ4n) is 4.43. The molecule has 2 unspecified atom stereocenters. The Morgan fingerprint density at radius 1 is 0.882 bits per heavy atom. The number of hydrogen-bond donors (Lipinski definition) is 2. The molecular formula is C27H23F3N2O2. The second kappa shape index (κ2) is 9.55. The number of aromatic hydroxyl groups is 1. The number of H-pyrrole nitrogens is 1. The van der Waals surface area contributed by atoms with Crippen molar-refractivity contribution < 1.29 is 18.3 Å². The standard InChI is InChI=1S/C27H23F3N2O2/c1-3-21-15(2)31-26(32-27(21)34)25(17-7-5-9-19(29)13-17)24(16-6-4-8-18(28)12-16)22-14-20(30)10-11-23(22)33/h4-14,24-25,33H,3H2,1-2H3,(H,31,32,34). The van der Waals surface area contributed by atoms with Gasteiger partial charge in [0.15, 0.2) is 0 Å². The molecule has 4 aromatic rings. The van der Waals surface area contributed by atoms with Crippen LogP contribution in [-0.2, 0) is 6.42 Å². The summed E-state index contributed by atoms with van der Waals surface area (Å²) in [7, 11) is 0. The molecule has 0 fully saturated rings. The van der Waals surface area contributed by atoms with Gasteiger partial charge in [0, 0.05) is 22.7 Å². The van der Waals surface area contributed by atoms with Gasteiger partial charge in [0.25, 0.3) is 5.56 Å². The van der Waals surface area contributed by atoms with E-state index in [9.17, 15) is 23.1 Å². The zero-order valence-electron chi connectivity index (χ0n) is 18.6. The van der Waals surface area contributed by atoms with Crippen LogP contribution in [0.1, 0.15) is 52.5 Å². The van der Waals surface area contributed by atoms with Crippen molar-refractivity contribution >= 4 is 0 Å². The van der Waals surface area contributed by atoms with E-state index in [4.69, 9.17) is 0 Å². The normalized spacial score (nSPS) is 13.0. The van der Waals surface area contributed by atoms with Gasteiger partial charge in [-0.05, 0) is 66.9 Å². The van der Waals surface area contributed by atoms with Crippen LogP contribution >= 0.6 is 0 Å². The molecule has 0 amide bonds. The first-order valence-electron chi connectivity index (χ1n) is 10.9. The molecule has 2 atom stereocenters. The number of benzene rings is 3. The molecule has 2 N–H and O–H groups in total. The maximum absolute atomic E-state index is 14.3. The van der Waals surface area contributed by atoms with Crippen molar-refractivity contribution in [2.24, 2.45) is 0 Å². The lowest BCUT2D eigenvalue weighted by Crippen LogP contribution is -2.24. The lowest BCUT2D eigenvalue weighted by atomic mass is 9.76. The first kappa shape index (κ1) is 23.3. The van der Waals surface area contributed by atoms with E-state index in [1.54, 1.807) is 19.1 Å². The molecule has 174 valence electrons. The van der Waals surface area contributed by atoms with Crippen LogP contribution in [0.3, 0.4) is 0 Å². The highest BCUT2D eigenvalue weighted by Gasteiger charge is 2.33. The van der Waals surface area contributed by atoms with Gasteiger partial charge in [0.1, 0.15) is 29.0 Å². The summed E-state index contributed by atoms with van der Waals surface area (Å²) in [4.78, 5) is 20.2. The molecule has 0 aliphatic rings. The van der Waals surface area contributed by atoms with Gasteiger partial charge in [-0.1, -0.05) is 31.2 Å². The molecule has 0 saturated carbocycles. The van der Waals surface area contributed by atoms with E-state index in [2.05, 4.69) is 9.97 Å². The van der Waals surface area contributed by atoms with Crippen molar-refractivity contribution in [2.75, 3.05) is 0 Å². The lowest BCUT2D eigenvalue weighted by molar-refractivity contribution is 0.457. The smallest absolute Gasteiger partial charge is 0.254 e. The molecule has 0 aliphatic heterocycles. The fourth-order valence-corrected chi connectivity index (χ4v) is 4.43. The third-order valence-electron chi connectivity index (χ3n) is 5.96. The van der Waals surface area contributed by atoms with Crippen molar-refractivity contribution in [3.05, 3.63) is 128 Å². The number of aromatic nitrogens is 2. The molecule has 1 heterocycles. The Morgan fingerprint density at radius 2 is 1.47 bits per heavy atom. The maximum Gasteiger partial charge on any atom is 0.254 e. The van der Waals surface area contributed by atoms with E-state index < -0.39 is 29.3 Å². The van der Waals surface area contributed by atoms with Crippen molar-refractivity contribution in [3.63, 3.8) is 0 Å². The van der Waals surface area contributed by atoms with Gasteiger partial charge in [0.2, 0.25) is 0 Å². The lowest BCUT2D eigenvalue weighted by Gasteiger charge is -2.29. The summed E-state index contributed by atoms with van der Waals surface area (Å²) in [5.74, 6) is -3.45. The predicted molar refractivity (Wildman–Crippen MR) is 124 cm³/mol. The van der Waals surface area contributed by atoms with E-state index in [1.807, 2.05) is 6.92 Å². The average Bonchev–Trinajstić information content (AvgIpc) is 2.79. The van der Waals surface area contributed by atoms with Crippen LogP contribution in [0.25, 0.3) is 0 Å². The van der Waals surface area contributed by atoms with E-state index in [0.717, 1.165) is 12.1 Å². The summed E-state index contributed by atoms with van der Waals surface area (Å²) in [5, 5.41) is 10.7. The van der Waals surface area contributed by atoms with Crippen LogP contribution in [0.15, 0.2) is 71.5 Å². The molecule has 4 rings (SSSR count). The molecule has 3 aromatic carbocycles. The highest BCUT2D eigenvalue weighted by Crippen LogP contribution is 2.45. The van der Waals surface area contributed by atoms with Gasteiger partial charge < -0.3 is 10.1 Å². The van der Waals surface area contributed by atoms with Crippen molar-refractivity contribution in [3.8, 4) is 5.75 Å². The van der Waals surface area contributed by atoms with E-state index in [1.165, 1.54) is 42.5 Å². The van der Waals surface area contributed by atoms with Crippen molar-refractivity contribution in [1.29, 1.82) is 0 Å².